The molecule has 0 saturated heterocycles. The monoisotopic (exact) mass is 519 g/mol. The van der Waals surface area contributed by atoms with Gasteiger partial charge < -0.3 is 9.47 Å². The number of ether oxygens (including phenoxy) is 2. The van der Waals surface area contributed by atoms with Gasteiger partial charge in [0.15, 0.2) is 5.75 Å². The van der Waals surface area contributed by atoms with Gasteiger partial charge in [-0.05, 0) is 61.5 Å². The van der Waals surface area contributed by atoms with Crippen molar-refractivity contribution in [2.75, 3.05) is 0 Å². The zero-order valence-corrected chi connectivity index (χ0v) is 19.1. The summed E-state index contributed by atoms with van der Waals surface area (Å²) in [7, 11) is 0. The number of hydrogen-bond donors (Lipinski definition) is 0. The Bertz CT molecular complexity index is 1000. The molecule has 0 fully saturated rings. The fourth-order valence-electron chi connectivity index (χ4n) is 2.78. The lowest BCUT2D eigenvalue weighted by Crippen LogP contribution is -2.00. The third kappa shape index (κ3) is 5.36. The third-order valence-electron chi connectivity index (χ3n) is 4.25. The van der Waals surface area contributed by atoms with Crippen LogP contribution in [0.1, 0.15) is 30.9 Å². The number of nitrogens with zero attached hydrogens (tertiary/aromatic N) is 1. The van der Waals surface area contributed by atoms with Gasteiger partial charge in [0.05, 0.1) is 13.9 Å². The van der Waals surface area contributed by atoms with Crippen molar-refractivity contribution >= 4 is 37.5 Å². The van der Waals surface area contributed by atoms with Crippen LogP contribution in [0.4, 0.5) is 5.69 Å². The molecular weight excluding hydrogens is 502 g/mol. The molecule has 0 atom stereocenters. The maximum atomic E-state index is 11.0. The number of hydrogen-bond acceptors (Lipinski definition) is 4. The van der Waals surface area contributed by atoms with Crippen LogP contribution in [0.15, 0.2) is 69.6 Å². The summed E-state index contributed by atoms with van der Waals surface area (Å²) in [6.45, 7) is 4.67. The Labute approximate surface area is 186 Å². The van der Waals surface area contributed by atoms with Crippen LogP contribution in [-0.2, 0) is 6.61 Å². The molecule has 0 N–H and O–H groups in total. The molecule has 0 heterocycles. The van der Waals surface area contributed by atoms with Crippen LogP contribution >= 0.6 is 31.9 Å². The average Bonchev–Trinajstić information content (AvgIpc) is 2.70. The highest BCUT2D eigenvalue weighted by molar-refractivity contribution is 9.11. The molecule has 0 bridgehead atoms. The van der Waals surface area contributed by atoms with Gasteiger partial charge in [-0.25, -0.2) is 0 Å². The highest BCUT2D eigenvalue weighted by atomic mass is 79.9. The van der Waals surface area contributed by atoms with E-state index >= 15 is 0 Å². The Morgan fingerprint density at radius 1 is 1.00 bits per heavy atom. The maximum Gasteiger partial charge on any atom is 0.271 e. The summed E-state index contributed by atoms with van der Waals surface area (Å²) in [5, 5.41) is 11.0. The van der Waals surface area contributed by atoms with Crippen molar-refractivity contribution in [3.05, 3.63) is 90.9 Å². The summed E-state index contributed by atoms with van der Waals surface area (Å²) in [5.41, 5.74) is 2.09. The summed E-state index contributed by atoms with van der Waals surface area (Å²) in [4.78, 5) is 10.6. The number of benzene rings is 3. The zero-order chi connectivity index (χ0) is 21.0. The normalized spacial score (nSPS) is 10.8. The fourth-order valence-corrected chi connectivity index (χ4v) is 4.10. The van der Waals surface area contributed by atoms with Crippen molar-refractivity contribution in [3.8, 4) is 17.2 Å². The van der Waals surface area contributed by atoms with E-state index in [0.29, 0.717) is 27.1 Å². The maximum absolute atomic E-state index is 11.0. The van der Waals surface area contributed by atoms with Gasteiger partial charge in [0.2, 0.25) is 0 Å². The smallest absolute Gasteiger partial charge is 0.271 e. The van der Waals surface area contributed by atoms with E-state index in [2.05, 4.69) is 45.7 Å². The molecule has 0 aliphatic carbocycles. The highest BCUT2D eigenvalue weighted by Crippen LogP contribution is 2.41. The second-order valence-corrected chi connectivity index (χ2v) is 8.43. The molecule has 0 radical (unpaired) electrons. The van der Waals surface area contributed by atoms with Crippen molar-refractivity contribution in [2.24, 2.45) is 0 Å². The first-order chi connectivity index (χ1) is 13.8. The largest absolute Gasteiger partial charge is 0.489 e. The average molecular weight is 521 g/mol. The number of nitro benzene ring substituents is 1. The van der Waals surface area contributed by atoms with Crippen molar-refractivity contribution < 1.29 is 14.4 Å². The molecule has 0 aliphatic heterocycles. The van der Waals surface area contributed by atoms with Crippen LogP contribution in [0, 0.1) is 10.1 Å². The van der Waals surface area contributed by atoms with Crippen molar-refractivity contribution in [3.63, 3.8) is 0 Å². The minimum absolute atomic E-state index is 0.0244. The summed E-state index contributed by atoms with van der Waals surface area (Å²) >= 11 is 6.70. The molecule has 0 amide bonds. The van der Waals surface area contributed by atoms with Gasteiger partial charge in [0, 0.05) is 17.7 Å². The number of halogens is 2. The number of non-ortho nitro benzene ring substituents is 1. The van der Waals surface area contributed by atoms with E-state index < -0.39 is 4.92 Å². The molecule has 29 heavy (non-hydrogen) atoms. The summed E-state index contributed by atoms with van der Waals surface area (Å²) in [6.07, 6.45) is 0. The Morgan fingerprint density at radius 3 is 2.24 bits per heavy atom. The summed E-state index contributed by atoms with van der Waals surface area (Å²) in [6, 6.07) is 18.5. The number of nitro groups is 1. The molecule has 5 nitrogen and oxygen atoms in total. The highest BCUT2D eigenvalue weighted by Gasteiger charge is 2.17. The zero-order valence-electron chi connectivity index (χ0n) is 15.9. The SMILES string of the molecule is CC(C)c1cc(Oc2c(Br)cc([N+](=O)[O-])cc2Br)ccc1OCc1ccccc1. The second kappa shape index (κ2) is 9.41. The lowest BCUT2D eigenvalue weighted by molar-refractivity contribution is -0.385. The van der Waals surface area contributed by atoms with Gasteiger partial charge in [-0.3, -0.25) is 10.1 Å². The number of rotatable bonds is 7. The van der Waals surface area contributed by atoms with E-state index in [0.717, 1.165) is 16.9 Å². The second-order valence-electron chi connectivity index (χ2n) is 6.73. The molecule has 0 aliphatic rings. The lowest BCUT2D eigenvalue weighted by Gasteiger charge is -2.17. The van der Waals surface area contributed by atoms with Gasteiger partial charge in [-0.15, -0.1) is 0 Å². The van der Waals surface area contributed by atoms with Crippen LogP contribution < -0.4 is 9.47 Å². The van der Waals surface area contributed by atoms with Gasteiger partial charge in [-0.2, -0.15) is 0 Å². The topological polar surface area (TPSA) is 61.6 Å². The van der Waals surface area contributed by atoms with E-state index in [1.54, 1.807) is 0 Å². The van der Waals surface area contributed by atoms with Gasteiger partial charge >= 0.3 is 0 Å². The third-order valence-corrected chi connectivity index (χ3v) is 5.43. The van der Waals surface area contributed by atoms with E-state index in [1.807, 2.05) is 48.5 Å². The van der Waals surface area contributed by atoms with E-state index in [9.17, 15) is 10.1 Å². The Balaban J connectivity index is 1.84. The molecule has 3 rings (SSSR count). The van der Waals surface area contributed by atoms with E-state index in [4.69, 9.17) is 9.47 Å². The quantitative estimate of drug-likeness (QED) is 0.237. The minimum atomic E-state index is -0.449. The minimum Gasteiger partial charge on any atom is -0.489 e. The van der Waals surface area contributed by atoms with Crippen LogP contribution in [-0.4, -0.2) is 4.92 Å². The van der Waals surface area contributed by atoms with Gasteiger partial charge in [0.1, 0.15) is 18.1 Å². The Morgan fingerprint density at radius 2 is 1.66 bits per heavy atom. The molecule has 0 spiro atoms. The lowest BCUT2D eigenvalue weighted by atomic mass is 10.0. The predicted molar refractivity (Wildman–Crippen MR) is 120 cm³/mol. The summed E-state index contributed by atoms with van der Waals surface area (Å²) in [5.74, 6) is 2.13. The first-order valence-corrected chi connectivity index (χ1v) is 10.6. The van der Waals surface area contributed by atoms with Crippen LogP contribution in [0.3, 0.4) is 0 Å². The Hall–Kier alpha value is -2.38. The van der Waals surface area contributed by atoms with Gasteiger partial charge in [0.25, 0.3) is 5.69 Å². The molecule has 0 saturated carbocycles. The van der Waals surface area contributed by atoms with Crippen molar-refractivity contribution in [1.29, 1.82) is 0 Å². The van der Waals surface area contributed by atoms with E-state index in [-0.39, 0.29) is 11.6 Å². The van der Waals surface area contributed by atoms with Crippen molar-refractivity contribution in [1.82, 2.24) is 0 Å². The van der Waals surface area contributed by atoms with Crippen LogP contribution in [0.25, 0.3) is 0 Å². The molecule has 0 unspecified atom stereocenters. The van der Waals surface area contributed by atoms with E-state index in [1.165, 1.54) is 12.1 Å². The van der Waals surface area contributed by atoms with Crippen LogP contribution in [0.2, 0.25) is 0 Å². The first-order valence-electron chi connectivity index (χ1n) is 8.97. The fraction of sp³-hybridized carbons (Fsp3) is 0.182. The molecular formula is C22H19Br2NO4. The molecule has 150 valence electrons. The van der Waals surface area contributed by atoms with Gasteiger partial charge in [-0.1, -0.05) is 44.2 Å². The molecule has 7 heteroatoms. The molecule has 3 aromatic rings. The first kappa shape index (κ1) is 21.3. The molecule has 0 aromatic heterocycles. The standard InChI is InChI=1S/C22H19Br2NO4/c1-14(2)18-12-17(8-9-21(18)28-13-15-6-4-3-5-7-15)29-22-19(23)10-16(25(26)27)11-20(22)24/h3-12,14H,13H2,1-2H3. The predicted octanol–water partition coefficient (Wildman–Crippen LogP) is 7.61. The molecule has 3 aromatic carbocycles. The van der Waals surface area contributed by atoms with Crippen molar-refractivity contribution in [2.45, 2.75) is 26.4 Å². The Kier molecular flexibility index (Phi) is 6.92. The summed E-state index contributed by atoms with van der Waals surface area (Å²) < 4.78 is 13.0. The van der Waals surface area contributed by atoms with Crippen LogP contribution in [0.5, 0.6) is 17.2 Å².